The van der Waals surface area contributed by atoms with Crippen LogP contribution in [0, 0.1) is 0 Å². The molecule has 0 atom stereocenters. The monoisotopic (exact) mass is 443 g/mol. The zero-order valence-electron chi connectivity index (χ0n) is 14.5. The number of methoxy groups -OCH3 is 2. The third-order valence-corrected chi connectivity index (χ3v) is 5.00. The van der Waals surface area contributed by atoms with Crippen molar-refractivity contribution in [3.05, 3.63) is 42.1 Å². The number of ether oxygens (including phenoxy) is 4. The maximum absolute atomic E-state index is 5.60. The zero-order chi connectivity index (χ0) is 17.0. The minimum Gasteiger partial charge on any atom is -0.493 e. The van der Waals surface area contributed by atoms with E-state index >= 15 is 0 Å². The Morgan fingerprint density at radius 1 is 1.00 bits per heavy atom. The predicted octanol–water partition coefficient (Wildman–Crippen LogP) is 3.09. The molecular weight excluding hydrogens is 426 g/mol. The van der Waals surface area contributed by atoms with Gasteiger partial charge < -0.3 is 18.9 Å². The topological polar surface area (TPSA) is 40.8 Å². The van der Waals surface area contributed by atoms with Crippen LogP contribution in [0.3, 0.4) is 0 Å². The summed E-state index contributed by atoms with van der Waals surface area (Å²) in [6.45, 7) is 1.21. The number of hydrogen-bond acceptors (Lipinski definition) is 4. The van der Waals surface area contributed by atoms with Gasteiger partial charge >= 0.3 is 22.4 Å². The van der Waals surface area contributed by atoms with Gasteiger partial charge in [-0.2, -0.15) is 4.57 Å². The third kappa shape index (κ3) is 2.47. The molecule has 0 N–H and O–H groups in total. The van der Waals surface area contributed by atoms with E-state index in [9.17, 15) is 0 Å². The SMILES string of the molecule is COc1ccc2cc3[n+](cc2c1OC)CCc1cc2c(cc1-3)OCO2.[Ag+]. The Morgan fingerprint density at radius 2 is 1.81 bits per heavy atom. The molecule has 2 aromatic carbocycles. The molecular formula is C20H18AgNO4+2. The Balaban J connectivity index is 0.00000168. The summed E-state index contributed by atoms with van der Waals surface area (Å²) < 4.78 is 24.4. The van der Waals surface area contributed by atoms with Crippen molar-refractivity contribution in [2.75, 3.05) is 21.0 Å². The van der Waals surface area contributed by atoms with Crippen molar-refractivity contribution in [3.63, 3.8) is 0 Å². The molecule has 3 heterocycles. The largest absolute Gasteiger partial charge is 1.00 e. The summed E-state index contributed by atoms with van der Waals surface area (Å²) in [5.74, 6) is 3.18. The molecule has 5 rings (SSSR count). The van der Waals surface area contributed by atoms with Gasteiger partial charge in [0.05, 0.1) is 25.2 Å². The Morgan fingerprint density at radius 3 is 2.58 bits per heavy atom. The molecule has 0 radical (unpaired) electrons. The first-order valence-corrected chi connectivity index (χ1v) is 8.29. The molecule has 0 aliphatic carbocycles. The van der Waals surface area contributed by atoms with Crippen LogP contribution in [0.25, 0.3) is 22.0 Å². The first-order chi connectivity index (χ1) is 12.3. The minimum atomic E-state index is 0. The van der Waals surface area contributed by atoms with Gasteiger partial charge in [0.15, 0.2) is 35.7 Å². The summed E-state index contributed by atoms with van der Waals surface area (Å²) >= 11 is 0. The molecule has 0 amide bonds. The number of pyridine rings is 1. The molecule has 0 spiro atoms. The number of nitrogens with zero attached hydrogens (tertiary/aromatic N) is 1. The average Bonchev–Trinajstić information content (AvgIpc) is 3.11. The normalized spacial score (nSPS) is 13.6. The minimum absolute atomic E-state index is 0. The first kappa shape index (κ1) is 17.2. The van der Waals surface area contributed by atoms with Crippen molar-refractivity contribution in [1.82, 2.24) is 0 Å². The first-order valence-electron chi connectivity index (χ1n) is 8.29. The maximum atomic E-state index is 5.60. The Labute approximate surface area is 167 Å². The molecule has 0 saturated heterocycles. The molecule has 0 unspecified atom stereocenters. The third-order valence-electron chi connectivity index (χ3n) is 5.00. The summed E-state index contributed by atoms with van der Waals surface area (Å²) in [7, 11) is 3.34. The van der Waals surface area contributed by atoms with Crippen LogP contribution in [-0.4, -0.2) is 21.0 Å². The van der Waals surface area contributed by atoms with Crippen LogP contribution < -0.4 is 23.5 Å². The van der Waals surface area contributed by atoms with E-state index in [1.165, 1.54) is 16.8 Å². The Kier molecular flexibility index (Phi) is 4.31. The predicted molar refractivity (Wildman–Crippen MR) is 92.5 cm³/mol. The summed E-state index contributed by atoms with van der Waals surface area (Å²) in [5.41, 5.74) is 3.68. The van der Waals surface area contributed by atoms with Gasteiger partial charge in [0, 0.05) is 12.5 Å². The quantitative estimate of drug-likeness (QED) is 0.450. The van der Waals surface area contributed by atoms with E-state index in [1.54, 1.807) is 14.2 Å². The number of fused-ring (bicyclic) bond motifs is 5. The molecule has 6 heteroatoms. The summed E-state index contributed by atoms with van der Waals surface area (Å²) in [4.78, 5) is 0. The summed E-state index contributed by atoms with van der Waals surface area (Å²) in [6, 6.07) is 10.4. The molecule has 0 bridgehead atoms. The number of aryl methyl sites for hydroxylation is 2. The van der Waals surface area contributed by atoms with Gasteiger partial charge in [-0.05, 0) is 35.2 Å². The number of benzene rings is 2. The van der Waals surface area contributed by atoms with Gasteiger partial charge in [-0.3, -0.25) is 0 Å². The number of rotatable bonds is 2. The molecule has 0 saturated carbocycles. The van der Waals surface area contributed by atoms with Crippen LogP contribution in [0.1, 0.15) is 5.56 Å². The van der Waals surface area contributed by atoms with E-state index in [4.69, 9.17) is 18.9 Å². The fourth-order valence-corrected chi connectivity index (χ4v) is 3.77. The van der Waals surface area contributed by atoms with E-state index in [2.05, 4.69) is 35.0 Å². The molecule has 2 aliphatic rings. The van der Waals surface area contributed by atoms with Gasteiger partial charge in [0.2, 0.25) is 12.5 Å². The van der Waals surface area contributed by atoms with Crippen LogP contribution in [-0.2, 0) is 35.3 Å². The standard InChI is InChI=1S/C20H18NO4.Ag/c1-22-17-4-3-12-7-16-14-9-19-18(24-11-25-19)8-13(14)5-6-21(16)10-15(12)20(17)23-2;/h3-4,7-10H,5-6,11H2,1-2H3;/q2*+1. The second kappa shape index (κ2) is 6.50. The van der Waals surface area contributed by atoms with Crippen molar-refractivity contribution in [1.29, 1.82) is 0 Å². The van der Waals surface area contributed by atoms with Gasteiger partial charge in [0.25, 0.3) is 0 Å². The summed E-state index contributed by atoms with van der Waals surface area (Å²) in [6.07, 6.45) is 3.11. The molecule has 2 aliphatic heterocycles. The Bertz CT molecular complexity index is 1020. The maximum Gasteiger partial charge on any atom is 1.00 e. The average molecular weight is 444 g/mol. The van der Waals surface area contributed by atoms with Gasteiger partial charge in [-0.25, -0.2) is 0 Å². The van der Waals surface area contributed by atoms with Crippen molar-refractivity contribution in [2.45, 2.75) is 13.0 Å². The second-order valence-electron chi connectivity index (χ2n) is 6.27. The number of hydrogen-bond donors (Lipinski definition) is 0. The fourth-order valence-electron chi connectivity index (χ4n) is 3.77. The van der Waals surface area contributed by atoms with E-state index in [0.717, 1.165) is 46.7 Å². The van der Waals surface area contributed by atoms with E-state index in [0.29, 0.717) is 6.79 Å². The number of aromatic nitrogens is 1. The van der Waals surface area contributed by atoms with Crippen LogP contribution >= 0.6 is 0 Å². The van der Waals surface area contributed by atoms with E-state index in [-0.39, 0.29) is 22.4 Å². The van der Waals surface area contributed by atoms with Crippen LogP contribution in [0.2, 0.25) is 0 Å². The van der Waals surface area contributed by atoms with Crippen LogP contribution in [0.4, 0.5) is 0 Å². The molecule has 3 aromatic rings. The van der Waals surface area contributed by atoms with Crippen molar-refractivity contribution >= 4 is 10.8 Å². The van der Waals surface area contributed by atoms with Crippen molar-refractivity contribution in [3.8, 4) is 34.3 Å². The zero-order valence-corrected chi connectivity index (χ0v) is 15.9. The Hall–Kier alpha value is -2.21. The van der Waals surface area contributed by atoms with E-state index < -0.39 is 0 Å². The van der Waals surface area contributed by atoms with Crippen LogP contribution in [0.5, 0.6) is 23.0 Å². The molecule has 136 valence electrons. The summed E-state index contributed by atoms with van der Waals surface area (Å²) in [5, 5.41) is 2.17. The van der Waals surface area contributed by atoms with Gasteiger partial charge in [0.1, 0.15) is 0 Å². The smallest absolute Gasteiger partial charge is 0.493 e. The van der Waals surface area contributed by atoms with Gasteiger partial charge in [-0.1, -0.05) is 0 Å². The van der Waals surface area contributed by atoms with Crippen molar-refractivity contribution < 1.29 is 45.9 Å². The molecule has 1 aromatic heterocycles. The molecule has 5 nitrogen and oxygen atoms in total. The van der Waals surface area contributed by atoms with Crippen molar-refractivity contribution in [2.24, 2.45) is 0 Å². The second-order valence-corrected chi connectivity index (χ2v) is 6.27. The van der Waals surface area contributed by atoms with Crippen LogP contribution in [0.15, 0.2) is 36.5 Å². The van der Waals surface area contributed by atoms with E-state index in [1.807, 2.05) is 6.07 Å². The fraction of sp³-hybridized carbons (Fsp3) is 0.250. The van der Waals surface area contributed by atoms with Gasteiger partial charge in [-0.15, -0.1) is 0 Å². The molecule has 0 fully saturated rings. The molecule has 26 heavy (non-hydrogen) atoms.